The molecule has 0 spiro atoms. The first-order valence-corrected chi connectivity index (χ1v) is 59.8. The van der Waals surface area contributed by atoms with Gasteiger partial charge in [-0.3, -0.25) is 33.3 Å². The van der Waals surface area contributed by atoms with Gasteiger partial charge in [0.05, 0.1) is 111 Å². The van der Waals surface area contributed by atoms with E-state index >= 15 is 0 Å². The number of piperazine rings is 1. The Morgan fingerprint density at radius 2 is 0.813 bits per heavy atom. The molecule has 2 unspecified atom stereocenters. The molecule has 150 heavy (non-hydrogen) atoms. The Bertz CT molecular complexity index is 7740. The number of nitrogens with two attached hydrogens (primary N) is 2. The van der Waals surface area contributed by atoms with E-state index in [-0.39, 0.29) is 88.3 Å². The maximum absolute atomic E-state index is 13.9. The van der Waals surface area contributed by atoms with E-state index in [1.165, 1.54) is 36.1 Å². The van der Waals surface area contributed by atoms with Crippen LogP contribution < -0.4 is 56.1 Å². The number of piperidine rings is 4. The summed E-state index contributed by atoms with van der Waals surface area (Å²) >= 11 is 18.7. The molecule has 20 rings (SSSR count). The number of nitrogens with one attached hydrogen (secondary N) is 7. The van der Waals surface area contributed by atoms with Crippen LogP contribution in [0.15, 0.2) is 152 Å². The minimum atomic E-state index is -3.60. The molecule has 38 nitrogen and oxygen atoms in total. The highest BCUT2D eigenvalue weighted by atomic mass is 35.5. The van der Waals surface area contributed by atoms with E-state index in [2.05, 4.69) is 90.3 Å². The zero-order valence-corrected chi connectivity index (χ0v) is 91.9. The van der Waals surface area contributed by atoms with Crippen molar-refractivity contribution in [2.75, 3.05) is 123 Å². The Balaban J connectivity index is 0.000000136. The molecular formula is C105H132Cl3N27O11S4. The average Bonchev–Trinajstić information content (AvgIpc) is 1.62. The molecule has 11 N–H and O–H groups in total. The van der Waals surface area contributed by atoms with Gasteiger partial charge in [0.1, 0.15) is 23.3 Å². The standard InChI is InChI=1S/C30H34ClN7O3S.C26H35N7O3S.C25H32ClN7O2S.C24H31ClN6O3S/c1-19-16-38-28(33-29(19)36-17-23(24(32)18-36)20-8-4-3-5-9-20)15-26(34-38)27-10-6-7-13-37(27)30(39)22-14-21(31)11-12-25(22)35-42(2,40)41;1-17-8-9-21(30-37(4,35)36)20(13-17)26(34)32-11-6-5-7-23(32)22-14-24-28-25(18(2)15-33(24)29-22)31-12-10-27-19(3)16-31;1-15-14-33-23(29-24(15)28-18-11-17(27)12-18)13-21(30-33)22-6-4-5-9-32(22)25(34)19-10-16(26)7-8-20(19)31-36(2,3)35;1-5-16(3)26-23-15(2)14-31-22(27-23)13-20(28-31)21-8-6-7-11-30(21)24(32)18-12-17(25)9-10-19(18)29-35(4,33)34/h3-5,8-9,11-12,14-16,23-24,27,35H,6-7,10,13,17-18,32H2,1-2H3;8-9,13-15,19,23,27,30H,5-7,10-12,16H2,1-4H3;7-8,10,13-14,17-18,22H,2,4-6,9,11-12,27H2,1,3H3,(H,28,29)(H,31,35);9-10,12-14,16,21,29H,5-8,11H2,1-4H3,(H,26,27)/t23-,24+,27-;19-,23-;17?,18?,22-,36?;16?,21-/m0000/s1. The lowest BCUT2D eigenvalue weighted by atomic mass is 9.87. The van der Waals surface area contributed by atoms with Crippen molar-refractivity contribution in [2.45, 2.75) is 212 Å². The van der Waals surface area contributed by atoms with E-state index < -0.39 is 39.8 Å². The topological polar surface area (TPSA) is 464 Å². The van der Waals surface area contributed by atoms with Gasteiger partial charge in [0.25, 0.3) is 23.6 Å². The fraction of sp³-hybridized carbons (Fsp3) is 0.438. The zero-order valence-electron chi connectivity index (χ0n) is 86.3. The van der Waals surface area contributed by atoms with E-state index in [4.69, 9.17) is 86.6 Å². The zero-order chi connectivity index (χ0) is 107. The number of aromatic nitrogens is 12. The molecule has 798 valence electrons. The van der Waals surface area contributed by atoms with Crippen molar-refractivity contribution in [1.29, 1.82) is 0 Å². The molecule has 45 heteroatoms. The molecule has 0 radical (unpaired) electrons. The SMILES string of the molecule is C=S(C)(=O)Nc1ccc(Cl)cc1C(=O)N1CCCC[C@H]1c1cc2nc(NC3CC(N)C3)c(C)cn2n1.CCC(C)Nc1nc2cc([C@@H]3CCCCN3C(=O)c3cc(Cl)ccc3NS(C)(=O)=O)nn2cc1C.Cc1ccc(NS(C)(=O)=O)c(C(=O)N2CCCC[C@H]2c2cc3nc(N4CCN[C@@H](C)C4)c(C)cn3n2)c1.Cc1cn2nc([C@@H]3CCCCN3C(=O)c3cc(Cl)ccc3NS(C)(=O)=O)cc2nc1N1C[C@@H](N)[C@H](c2ccccc2)C1. The van der Waals surface area contributed by atoms with Gasteiger partial charge >= 0.3 is 0 Å². The van der Waals surface area contributed by atoms with Crippen LogP contribution in [0.25, 0.3) is 22.6 Å². The van der Waals surface area contributed by atoms with Crippen LogP contribution in [0.4, 0.5) is 46.0 Å². The Kier molecular flexibility index (Phi) is 33.0. The van der Waals surface area contributed by atoms with Crippen molar-refractivity contribution >= 4 is 173 Å². The van der Waals surface area contributed by atoms with Gasteiger partial charge in [-0.2, -0.15) is 20.4 Å². The molecule has 14 heterocycles. The number of amides is 4. The van der Waals surface area contributed by atoms with Crippen LogP contribution >= 0.6 is 34.8 Å². The third-order valence-electron chi connectivity index (χ3n) is 28.3. The number of halogens is 3. The minimum absolute atomic E-state index is 0.000624. The number of rotatable bonds is 24. The number of sulfonamides is 3. The quantitative estimate of drug-likeness (QED) is 0.0254. The van der Waals surface area contributed by atoms with Gasteiger partial charge in [-0.05, 0) is 223 Å². The molecule has 5 aromatic carbocycles. The summed E-state index contributed by atoms with van der Waals surface area (Å²) in [6, 6.07) is 37.8. The van der Waals surface area contributed by atoms with Crippen LogP contribution in [-0.2, 0) is 39.8 Å². The molecule has 6 saturated heterocycles. The molecule has 9 atom stereocenters. The molecule has 4 amide bonds. The number of hydrogen-bond acceptors (Lipinski definition) is 26. The maximum Gasteiger partial charge on any atom is 0.256 e. The lowest BCUT2D eigenvalue weighted by Gasteiger charge is -2.35. The van der Waals surface area contributed by atoms with E-state index in [1.807, 2.05) is 105 Å². The number of carbonyl (C=O) groups excluding carboxylic acids is 4. The number of benzene rings is 5. The monoisotopic (exact) mass is 2180 g/mol. The first kappa shape index (κ1) is 109. The van der Waals surface area contributed by atoms with Gasteiger partial charge in [-0.25, -0.2) is 67.5 Å². The summed E-state index contributed by atoms with van der Waals surface area (Å²) in [6.07, 6.45) is 25.9. The number of anilines is 8. The molecule has 7 fully saturated rings. The van der Waals surface area contributed by atoms with Crippen LogP contribution in [0.1, 0.15) is 245 Å². The summed E-state index contributed by atoms with van der Waals surface area (Å²) < 4.78 is 101. The summed E-state index contributed by atoms with van der Waals surface area (Å²) in [4.78, 5) is 86.5. The van der Waals surface area contributed by atoms with Crippen LogP contribution in [-0.4, -0.2) is 251 Å². The minimum Gasteiger partial charge on any atom is -0.367 e. The number of aryl methyl sites for hydroxylation is 5. The van der Waals surface area contributed by atoms with Gasteiger partial charge in [-0.1, -0.05) is 83.7 Å². The molecule has 1 aliphatic carbocycles. The lowest BCUT2D eigenvalue weighted by Crippen LogP contribution is -2.49. The van der Waals surface area contributed by atoms with Gasteiger partial charge in [0, 0.05) is 197 Å². The summed E-state index contributed by atoms with van der Waals surface area (Å²) in [7, 11) is -13.3. The Morgan fingerprint density at radius 3 is 1.20 bits per heavy atom. The van der Waals surface area contributed by atoms with E-state index in [9.17, 15) is 48.6 Å². The van der Waals surface area contributed by atoms with Crippen LogP contribution in [0.3, 0.4) is 0 Å². The Hall–Kier alpha value is -12.5. The maximum atomic E-state index is 13.9. The third kappa shape index (κ3) is 25.9. The second-order valence-corrected chi connectivity index (χ2v) is 49.6. The molecule has 1 saturated carbocycles. The fourth-order valence-corrected chi connectivity index (χ4v) is 23.7. The van der Waals surface area contributed by atoms with E-state index in [0.29, 0.717) is 99.7 Å². The molecule has 13 aromatic rings. The molecule has 6 aliphatic heterocycles. The highest BCUT2D eigenvalue weighted by Gasteiger charge is 2.41. The Morgan fingerprint density at radius 1 is 0.447 bits per heavy atom. The Labute approximate surface area is 890 Å². The highest BCUT2D eigenvalue weighted by molar-refractivity contribution is 8.00. The van der Waals surface area contributed by atoms with Crippen molar-refractivity contribution in [2.24, 2.45) is 11.5 Å². The molecule has 0 bridgehead atoms. The number of hydrogen-bond donors (Lipinski definition) is 9. The van der Waals surface area contributed by atoms with E-state index in [0.717, 1.165) is 226 Å². The van der Waals surface area contributed by atoms with Crippen molar-refractivity contribution in [3.05, 3.63) is 246 Å². The number of nitrogens with zero attached hydrogens (tertiary/aromatic N) is 18. The number of likely N-dealkylation sites (tertiary alicyclic amines) is 4. The van der Waals surface area contributed by atoms with Crippen molar-refractivity contribution in [1.82, 2.24) is 83.3 Å². The predicted molar refractivity (Wildman–Crippen MR) is 594 cm³/mol. The average molecular weight is 2180 g/mol. The third-order valence-corrected chi connectivity index (χ3v) is 31.4. The second-order valence-electron chi connectivity index (χ2n) is 40.8. The van der Waals surface area contributed by atoms with Gasteiger partial charge in [0.2, 0.25) is 30.1 Å². The largest absolute Gasteiger partial charge is 0.367 e. The van der Waals surface area contributed by atoms with Crippen molar-refractivity contribution < 1.29 is 48.6 Å². The summed E-state index contributed by atoms with van der Waals surface area (Å²) in [5, 5.41) is 30.8. The van der Waals surface area contributed by atoms with Gasteiger partial charge in [0.15, 0.2) is 22.6 Å². The smallest absolute Gasteiger partial charge is 0.256 e. The van der Waals surface area contributed by atoms with Crippen molar-refractivity contribution in [3.8, 4) is 0 Å². The van der Waals surface area contributed by atoms with Gasteiger partial charge in [-0.15, -0.1) is 0 Å². The lowest BCUT2D eigenvalue weighted by molar-refractivity contribution is 0.0599. The van der Waals surface area contributed by atoms with Gasteiger partial charge < -0.3 is 61.5 Å². The summed E-state index contributed by atoms with van der Waals surface area (Å²) in [6.45, 7) is 22.8. The number of fused-ring (bicyclic) bond motifs is 4. The summed E-state index contributed by atoms with van der Waals surface area (Å²) in [5.74, 6) is 6.44. The first-order chi connectivity index (χ1) is 71.3. The normalized spacial score (nSPS) is 20.8. The summed E-state index contributed by atoms with van der Waals surface area (Å²) in [5.41, 5.74) is 26.9. The van der Waals surface area contributed by atoms with E-state index in [1.54, 1.807) is 76.4 Å². The second kappa shape index (κ2) is 45.6. The predicted octanol–water partition coefficient (Wildman–Crippen LogP) is 15.5. The van der Waals surface area contributed by atoms with Crippen LogP contribution in [0.2, 0.25) is 15.1 Å². The van der Waals surface area contributed by atoms with Crippen LogP contribution in [0, 0.1) is 34.6 Å². The fourth-order valence-electron chi connectivity index (χ4n) is 20.8. The van der Waals surface area contributed by atoms with Crippen LogP contribution in [0.5, 0.6) is 0 Å². The molecular weight excluding hydrogens is 2050 g/mol. The number of carbonyl (C=O) groups is 4. The highest BCUT2D eigenvalue weighted by Crippen LogP contribution is 2.43. The molecule has 8 aromatic heterocycles. The molecule has 7 aliphatic rings. The van der Waals surface area contributed by atoms with Crippen molar-refractivity contribution in [3.63, 3.8) is 0 Å². The first-order valence-electron chi connectivity index (χ1n) is 50.9.